The Morgan fingerprint density at radius 2 is 1.45 bits per heavy atom. The van der Waals surface area contributed by atoms with Crippen LogP contribution in [0.5, 0.6) is 0 Å². The summed E-state index contributed by atoms with van der Waals surface area (Å²) in [7, 11) is 0. The fourth-order valence-corrected chi connectivity index (χ4v) is 4.92. The van der Waals surface area contributed by atoms with Gasteiger partial charge in [0, 0.05) is 17.0 Å². The molecule has 0 aliphatic carbocycles. The molecular weight excluding hydrogens is 504 g/mol. The average molecular weight is 525 g/mol. The van der Waals surface area contributed by atoms with Gasteiger partial charge in [-0.3, -0.25) is 9.59 Å². The summed E-state index contributed by atoms with van der Waals surface area (Å²) in [5.74, 6) is -1.19. The smallest absolute Gasteiger partial charge is 0.347 e. The topological polar surface area (TPSA) is 95.3 Å². The minimum absolute atomic E-state index is 0.0297. The average Bonchev–Trinajstić information content (AvgIpc) is 3.62. The Labute approximate surface area is 226 Å². The third-order valence-electron chi connectivity index (χ3n) is 7.01. The van der Waals surface area contributed by atoms with Gasteiger partial charge in [-0.2, -0.15) is 5.10 Å². The summed E-state index contributed by atoms with van der Waals surface area (Å²) in [6.07, 6.45) is 1.47. The van der Waals surface area contributed by atoms with Crippen LogP contribution in [-0.2, 0) is 0 Å². The number of benzene rings is 4. The van der Waals surface area contributed by atoms with Crippen LogP contribution < -0.4 is 5.63 Å². The first-order valence-corrected chi connectivity index (χ1v) is 12.7. The van der Waals surface area contributed by atoms with E-state index in [2.05, 4.69) is 5.10 Å². The molecule has 7 aromatic rings. The van der Waals surface area contributed by atoms with Gasteiger partial charge in [0.25, 0.3) is 0 Å². The fourth-order valence-electron chi connectivity index (χ4n) is 4.92. The van der Waals surface area contributed by atoms with Crippen LogP contribution in [0, 0.1) is 6.92 Å². The van der Waals surface area contributed by atoms with Crippen LogP contribution in [0.25, 0.3) is 38.4 Å². The normalized spacial score (nSPS) is 11.4. The first kappa shape index (κ1) is 23.5. The molecule has 0 spiro atoms. The summed E-state index contributed by atoms with van der Waals surface area (Å²) in [5, 5.41) is 7.65. The molecule has 3 aromatic heterocycles. The lowest BCUT2D eigenvalue weighted by molar-refractivity contribution is 0.0985. The van der Waals surface area contributed by atoms with Crippen LogP contribution in [0.3, 0.4) is 0 Å². The van der Waals surface area contributed by atoms with Crippen molar-refractivity contribution in [3.8, 4) is 5.69 Å². The molecule has 3 heterocycles. The third kappa shape index (κ3) is 3.84. The van der Waals surface area contributed by atoms with Crippen LogP contribution in [0.1, 0.15) is 37.7 Å². The molecule has 0 fully saturated rings. The Morgan fingerprint density at radius 3 is 2.25 bits per heavy atom. The number of nitrogens with zero attached hydrogens (tertiary/aromatic N) is 2. The van der Waals surface area contributed by atoms with Crippen LogP contribution in [-0.4, -0.2) is 21.3 Å². The van der Waals surface area contributed by atoms with Gasteiger partial charge in [0.05, 0.1) is 11.3 Å². The van der Waals surface area contributed by atoms with Crippen LogP contribution >= 0.6 is 0 Å². The van der Waals surface area contributed by atoms with Crippen LogP contribution in [0.4, 0.5) is 0 Å². The van der Waals surface area contributed by atoms with Gasteiger partial charge >= 0.3 is 5.63 Å². The number of ketones is 2. The van der Waals surface area contributed by atoms with Crippen molar-refractivity contribution in [2.45, 2.75) is 6.92 Å². The monoisotopic (exact) mass is 524 g/mol. The van der Waals surface area contributed by atoms with E-state index in [-0.39, 0.29) is 22.6 Å². The van der Waals surface area contributed by atoms with Crippen LogP contribution in [0.15, 0.2) is 117 Å². The number of aryl methyl sites for hydroxylation is 1. The minimum atomic E-state index is -0.794. The number of rotatable bonds is 5. The standard InChI is InChI=1S/C33H20N2O5/c1-19-10-13-22(14-11-19)35-18-26(30(34-35)32(37)29-16-21-7-3-5-9-27(21)39-29)31(36)25-17-24-23-8-4-2-6-20(23)12-15-28(24)40-33(25)38/h2-18H,1H3. The lowest BCUT2D eigenvalue weighted by atomic mass is 10.00. The van der Waals surface area contributed by atoms with Gasteiger partial charge in [0.2, 0.25) is 11.6 Å². The molecule has 0 saturated carbocycles. The molecule has 4 aromatic carbocycles. The quantitative estimate of drug-likeness (QED) is 0.142. The molecule has 0 amide bonds. The van der Waals surface area contributed by atoms with Gasteiger partial charge in [0.1, 0.15) is 22.4 Å². The highest BCUT2D eigenvalue weighted by Gasteiger charge is 2.29. The van der Waals surface area contributed by atoms with E-state index in [4.69, 9.17) is 8.83 Å². The number of aromatic nitrogens is 2. The number of para-hydroxylation sites is 1. The lowest BCUT2D eigenvalue weighted by Crippen LogP contribution is -2.17. The molecule has 7 rings (SSSR count). The number of hydrogen-bond acceptors (Lipinski definition) is 6. The van der Waals surface area contributed by atoms with E-state index in [9.17, 15) is 14.4 Å². The van der Waals surface area contributed by atoms with Crippen molar-refractivity contribution in [3.63, 3.8) is 0 Å². The minimum Gasteiger partial charge on any atom is -0.453 e. The van der Waals surface area contributed by atoms with E-state index in [1.807, 2.05) is 79.7 Å². The Hall–Kier alpha value is -5.56. The van der Waals surface area contributed by atoms with Gasteiger partial charge < -0.3 is 8.83 Å². The van der Waals surface area contributed by atoms with E-state index in [0.717, 1.165) is 21.7 Å². The summed E-state index contributed by atoms with van der Waals surface area (Å²) < 4.78 is 12.8. The summed E-state index contributed by atoms with van der Waals surface area (Å²) in [6, 6.07) is 29.1. The third-order valence-corrected chi connectivity index (χ3v) is 7.01. The molecule has 0 atom stereocenters. The predicted octanol–water partition coefficient (Wildman–Crippen LogP) is 6.65. The van der Waals surface area contributed by atoms with E-state index in [0.29, 0.717) is 22.2 Å². The second-order valence-corrected chi connectivity index (χ2v) is 9.62. The zero-order valence-electron chi connectivity index (χ0n) is 21.3. The molecule has 0 radical (unpaired) electrons. The first-order valence-electron chi connectivity index (χ1n) is 12.7. The molecule has 192 valence electrons. The molecule has 0 bridgehead atoms. The second-order valence-electron chi connectivity index (χ2n) is 9.62. The van der Waals surface area contributed by atoms with Crippen molar-refractivity contribution in [2.24, 2.45) is 0 Å². The van der Waals surface area contributed by atoms with E-state index >= 15 is 0 Å². The molecule has 40 heavy (non-hydrogen) atoms. The molecular formula is C33H20N2O5. The SMILES string of the molecule is Cc1ccc(-n2cc(C(=O)c3cc4c(ccc5ccccc54)oc3=O)c(C(=O)c3cc4ccccc4o3)n2)cc1. The number of fused-ring (bicyclic) bond motifs is 4. The van der Waals surface area contributed by atoms with Gasteiger partial charge in [-0.15, -0.1) is 0 Å². The molecule has 0 aliphatic rings. The van der Waals surface area contributed by atoms with Crippen molar-refractivity contribution in [3.05, 3.63) is 142 Å². The zero-order chi connectivity index (χ0) is 27.4. The number of hydrogen-bond donors (Lipinski definition) is 0. The van der Waals surface area contributed by atoms with Crippen molar-refractivity contribution in [1.29, 1.82) is 0 Å². The molecule has 0 aliphatic heterocycles. The number of carbonyl (C=O) groups is 2. The highest BCUT2D eigenvalue weighted by Crippen LogP contribution is 2.27. The molecule has 7 heteroatoms. The number of carbonyl (C=O) groups excluding carboxylic acids is 2. The first-order chi connectivity index (χ1) is 19.5. The highest BCUT2D eigenvalue weighted by atomic mass is 16.4. The van der Waals surface area contributed by atoms with Gasteiger partial charge in [-0.1, -0.05) is 66.2 Å². The molecule has 0 N–H and O–H groups in total. The summed E-state index contributed by atoms with van der Waals surface area (Å²) >= 11 is 0. The van der Waals surface area contributed by atoms with E-state index < -0.39 is 17.2 Å². The second kappa shape index (κ2) is 9.03. The van der Waals surface area contributed by atoms with Crippen molar-refractivity contribution >= 4 is 44.3 Å². The summed E-state index contributed by atoms with van der Waals surface area (Å²) in [6.45, 7) is 1.96. The summed E-state index contributed by atoms with van der Waals surface area (Å²) in [4.78, 5) is 40.7. The largest absolute Gasteiger partial charge is 0.453 e. The van der Waals surface area contributed by atoms with Gasteiger partial charge in [-0.05, 0) is 54.1 Å². The number of furan rings is 1. The van der Waals surface area contributed by atoms with Crippen LogP contribution in [0.2, 0.25) is 0 Å². The van der Waals surface area contributed by atoms with E-state index in [1.54, 1.807) is 18.2 Å². The lowest BCUT2D eigenvalue weighted by Gasteiger charge is -2.05. The fraction of sp³-hybridized carbons (Fsp3) is 0.0303. The van der Waals surface area contributed by atoms with Crippen molar-refractivity contribution in [2.75, 3.05) is 0 Å². The van der Waals surface area contributed by atoms with Crippen molar-refractivity contribution in [1.82, 2.24) is 9.78 Å². The molecule has 7 nitrogen and oxygen atoms in total. The Morgan fingerprint density at radius 1 is 0.700 bits per heavy atom. The summed E-state index contributed by atoms with van der Waals surface area (Å²) in [5.41, 5.74) is 1.48. The maximum atomic E-state index is 14.0. The Balaban J connectivity index is 1.41. The molecule has 0 saturated heterocycles. The maximum Gasteiger partial charge on any atom is 0.347 e. The zero-order valence-corrected chi connectivity index (χ0v) is 21.3. The highest BCUT2D eigenvalue weighted by molar-refractivity contribution is 6.19. The van der Waals surface area contributed by atoms with Gasteiger partial charge in [0.15, 0.2) is 5.76 Å². The molecule has 0 unspecified atom stereocenters. The Kier molecular flexibility index (Phi) is 5.31. The van der Waals surface area contributed by atoms with Crippen molar-refractivity contribution < 1.29 is 18.4 Å². The Bertz CT molecular complexity index is 2150. The van der Waals surface area contributed by atoms with Gasteiger partial charge in [-0.25, -0.2) is 9.48 Å². The predicted molar refractivity (Wildman–Crippen MR) is 151 cm³/mol. The van der Waals surface area contributed by atoms with E-state index in [1.165, 1.54) is 16.9 Å². The maximum absolute atomic E-state index is 14.0.